The van der Waals surface area contributed by atoms with Gasteiger partial charge in [-0.3, -0.25) is 4.90 Å². The number of nitrogens with one attached hydrogen (secondary N) is 1. The predicted molar refractivity (Wildman–Crippen MR) is 82.0 cm³/mol. The summed E-state index contributed by atoms with van der Waals surface area (Å²) in [7, 11) is 0. The predicted octanol–water partition coefficient (Wildman–Crippen LogP) is 2.84. The first-order valence-electron chi connectivity index (χ1n) is 7.49. The second kappa shape index (κ2) is 5.85. The van der Waals surface area contributed by atoms with Crippen LogP contribution < -0.4 is 5.32 Å². The highest BCUT2D eigenvalue weighted by atomic mass is 16.4. The van der Waals surface area contributed by atoms with Crippen LogP contribution in [0.25, 0.3) is 0 Å². The van der Waals surface area contributed by atoms with E-state index in [1.165, 1.54) is 18.4 Å². The minimum Gasteiger partial charge on any atom is -0.408 e. The van der Waals surface area contributed by atoms with Gasteiger partial charge in [-0.25, -0.2) is 0 Å². The first-order chi connectivity index (χ1) is 10.2. The third kappa shape index (κ3) is 3.24. The van der Waals surface area contributed by atoms with E-state index in [0.717, 1.165) is 19.6 Å². The largest absolute Gasteiger partial charge is 0.408 e. The molecule has 2 heterocycles. The van der Waals surface area contributed by atoms with E-state index in [-0.39, 0.29) is 5.54 Å². The standard InChI is InChI=1S/C16H22N4O/c1-13-18-19-15(21-13)17-12-16(2)9-6-10-20(16)11-14-7-4-3-5-8-14/h3-5,7-8H,6,9-12H2,1-2H3,(H,17,19). The highest BCUT2D eigenvalue weighted by Gasteiger charge is 2.36. The van der Waals surface area contributed by atoms with E-state index < -0.39 is 0 Å². The SMILES string of the molecule is Cc1nnc(NCC2(C)CCCN2Cc2ccccc2)o1. The maximum absolute atomic E-state index is 5.39. The lowest BCUT2D eigenvalue weighted by molar-refractivity contribution is 0.159. The summed E-state index contributed by atoms with van der Waals surface area (Å²) in [5, 5.41) is 11.1. The van der Waals surface area contributed by atoms with Crippen molar-refractivity contribution < 1.29 is 4.42 Å². The van der Waals surface area contributed by atoms with Gasteiger partial charge in [0.2, 0.25) is 5.89 Å². The Hall–Kier alpha value is -1.88. The van der Waals surface area contributed by atoms with Crippen molar-refractivity contribution >= 4 is 6.01 Å². The summed E-state index contributed by atoms with van der Waals surface area (Å²) in [5.41, 5.74) is 1.48. The van der Waals surface area contributed by atoms with Gasteiger partial charge < -0.3 is 9.73 Å². The lowest BCUT2D eigenvalue weighted by Gasteiger charge is -2.35. The highest BCUT2D eigenvalue weighted by molar-refractivity contribution is 5.20. The molecule has 0 amide bonds. The van der Waals surface area contributed by atoms with Crippen LogP contribution in [0.3, 0.4) is 0 Å². The molecule has 1 aromatic carbocycles. The zero-order valence-corrected chi connectivity index (χ0v) is 12.7. The van der Waals surface area contributed by atoms with Crippen molar-refractivity contribution in [2.45, 2.75) is 38.8 Å². The number of likely N-dealkylation sites (tertiary alicyclic amines) is 1. The van der Waals surface area contributed by atoms with Crippen LogP contribution in [-0.2, 0) is 6.54 Å². The van der Waals surface area contributed by atoms with E-state index in [0.29, 0.717) is 11.9 Å². The Morgan fingerprint density at radius 3 is 2.81 bits per heavy atom. The van der Waals surface area contributed by atoms with Crippen molar-refractivity contribution in [3.63, 3.8) is 0 Å². The van der Waals surface area contributed by atoms with E-state index in [9.17, 15) is 0 Å². The molecule has 1 aliphatic heterocycles. The van der Waals surface area contributed by atoms with Crippen LogP contribution in [0.1, 0.15) is 31.2 Å². The average Bonchev–Trinajstić information content (AvgIpc) is 3.06. The van der Waals surface area contributed by atoms with E-state index >= 15 is 0 Å². The van der Waals surface area contributed by atoms with Gasteiger partial charge in [-0.05, 0) is 31.9 Å². The molecular formula is C16H22N4O. The third-order valence-corrected chi connectivity index (χ3v) is 4.27. The zero-order chi connectivity index (χ0) is 14.7. The number of aryl methyl sites for hydroxylation is 1. The molecule has 0 bridgehead atoms. The summed E-state index contributed by atoms with van der Waals surface area (Å²) in [5.74, 6) is 0.593. The maximum Gasteiger partial charge on any atom is 0.315 e. The molecule has 0 aliphatic carbocycles. The molecule has 0 saturated carbocycles. The summed E-state index contributed by atoms with van der Waals surface area (Å²) in [4.78, 5) is 2.54. The second-order valence-corrected chi connectivity index (χ2v) is 5.99. The summed E-state index contributed by atoms with van der Waals surface area (Å²) in [6.07, 6.45) is 2.41. The summed E-state index contributed by atoms with van der Waals surface area (Å²) in [6.45, 7) is 7.05. The number of nitrogens with zero attached hydrogens (tertiary/aromatic N) is 3. The quantitative estimate of drug-likeness (QED) is 0.916. The molecule has 1 saturated heterocycles. The van der Waals surface area contributed by atoms with Crippen molar-refractivity contribution in [2.75, 3.05) is 18.4 Å². The van der Waals surface area contributed by atoms with Crippen molar-refractivity contribution in [3.8, 4) is 0 Å². The topological polar surface area (TPSA) is 54.2 Å². The van der Waals surface area contributed by atoms with Crippen LogP contribution >= 0.6 is 0 Å². The molecule has 5 heteroatoms. The van der Waals surface area contributed by atoms with Crippen molar-refractivity contribution in [1.82, 2.24) is 15.1 Å². The molecule has 5 nitrogen and oxygen atoms in total. The molecule has 1 aromatic heterocycles. The Balaban J connectivity index is 1.64. The second-order valence-electron chi connectivity index (χ2n) is 5.99. The van der Waals surface area contributed by atoms with Gasteiger partial charge in [-0.15, -0.1) is 5.10 Å². The Kier molecular flexibility index (Phi) is 3.92. The van der Waals surface area contributed by atoms with E-state index in [1.807, 2.05) is 0 Å². The van der Waals surface area contributed by atoms with E-state index in [2.05, 4.69) is 57.7 Å². The van der Waals surface area contributed by atoms with E-state index in [1.54, 1.807) is 6.92 Å². The van der Waals surface area contributed by atoms with Crippen LogP contribution in [-0.4, -0.2) is 33.7 Å². The molecule has 1 N–H and O–H groups in total. The molecular weight excluding hydrogens is 264 g/mol. The molecule has 1 unspecified atom stereocenters. The third-order valence-electron chi connectivity index (χ3n) is 4.27. The van der Waals surface area contributed by atoms with Gasteiger partial charge in [0.25, 0.3) is 0 Å². The highest BCUT2D eigenvalue weighted by Crippen LogP contribution is 2.30. The number of aromatic nitrogens is 2. The van der Waals surface area contributed by atoms with Gasteiger partial charge in [0, 0.05) is 25.6 Å². The smallest absolute Gasteiger partial charge is 0.315 e. The minimum absolute atomic E-state index is 0.123. The molecule has 3 rings (SSSR count). The summed E-state index contributed by atoms with van der Waals surface area (Å²) in [6, 6.07) is 11.2. The molecule has 112 valence electrons. The van der Waals surface area contributed by atoms with Crippen LogP contribution in [0.5, 0.6) is 0 Å². The Morgan fingerprint density at radius 2 is 2.10 bits per heavy atom. The van der Waals surface area contributed by atoms with Crippen molar-refractivity contribution in [1.29, 1.82) is 0 Å². The first-order valence-corrected chi connectivity index (χ1v) is 7.49. The van der Waals surface area contributed by atoms with Gasteiger partial charge in [0.05, 0.1) is 0 Å². The number of anilines is 1. The maximum atomic E-state index is 5.39. The van der Waals surface area contributed by atoms with Crippen molar-refractivity contribution in [3.05, 3.63) is 41.8 Å². The number of rotatable bonds is 5. The van der Waals surface area contributed by atoms with Gasteiger partial charge in [0.15, 0.2) is 0 Å². The monoisotopic (exact) mass is 286 g/mol. The fourth-order valence-corrected chi connectivity index (χ4v) is 2.99. The Morgan fingerprint density at radius 1 is 1.29 bits per heavy atom. The molecule has 21 heavy (non-hydrogen) atoms. The van der Waals surface area contributed by atoms with Gasteiger partial charge in [-0.1, -0.05) is 35.4 Å². The van der Waals surface area contributed by atoms with Crippen LogP contribution in [0.2, 0.25) is 0 Å². The van der Waals surface area contributed by atoms with Crippen LogP contribution in [0, 0.1) is 6.92 Å². The lowest BCUT2D eigenvalue weighted by atomic mass is 9.98. The Bertz CT molecular complexity index is 583. The molecule has 2 aromatic rings. The molecule has 0 radical (unpaired) electrons. The number of hydrogen-bond donors (Lipinski definition) is 1. The van der Waals surface area contributed by atoms with Gasteiger partial charge in [0.1, 0.15) is 0 Å². The fourth-order valence-electron chi connectivity index (χ4n) is 2.99. The van der Waals surface area contributed by atoms with Crippen LogP contribution in [0.15, 0.2) is 34.7 Å². The lowest BCUT2D eigenvalue weighted by Crippen LogP contribution is -2.46. The minimum atomic E-state index is 0.123. The van der Waals surface area contributed by atoms with E-state index in [4.69, 9.17) is 4.42 Å². The number of hydrogen-bond acceptors (Lipinski definition) is 5. The zero-order valence-electron chi connectivity index (χ0n) is 12.7. The molecule has 1 fully saturated rings. The van der Waals surface area contributed by atoms with Crippen molar-refractivity contribution in [2.24, 2.45) is 0 Å². The van der Waals surface area contributed by atoms with Gasteiger partial charge >= 0.3 is 6.01 Å². The van der Waals surface area contributed by atoms with Crippen LogP contribution in [0.4, 0.5) is 6.01 Å². The Labute approximate surface area is 125 Å². The molecule has 1 atom stereocenters. The average molecular weight is 286 g/mol. The van der Waals surface area contributed by atoms with Gasteiger partial charge in [-0.2, -0.15) is 0 Å². The summed E-state index contributed by atoms with van der Waals surface area (Å²) >= 11 is 0. The molecule has 0 spiro atoms. The first kappa shape index (κ1) is 14.1. The summed E-state index contributed by atoms with van der Waals surface area (Å²) < 4.78 is 5.39. The molecule has 1 aliphatic rings. The fraction of sp³-hybridized carbons (Fsp3) is 0.500. The number of benzene rings is 1. The normalized spacial score (nSPS) is 22.6.